The summed E-state index contributed by atoms with van der Waals surface area (Å²) in [6, 6.07) is 3.49. The smallest absolute Gasteiger partial charge is 0.127 e. The van der Waals surface area contributed by atoms with Gasteiger partial charge in [-0.05, 0) is 25.1 Å². The normalized spacial score (nSPS) is 23.9. The van der Waals surface area contributed by atoms with Crippen LogP contribution in [0.15, 0.2) is 12.1 Å². The molecule has 0 unspecified atom stereocenters. The molecule has 1 N–H and O–H groups in total. The first-order valence-corrected chi connectivity index (χ1v) is 5.03. The van der Waals surface area contributed by atoms with Gasteiger partial charge in [0.2, 0.25) is 0 Å². The molecule has 3 rings (SSSR count). The van der Waals surface area contributed by atoms with Gasteiger partial charge in [0.05, 0.1) is 6.61 Å². The summed E-state index contributed by atoms with van der Waals surface area (Å²) in [6.07, 6.45) is 1.92. The van der Waals surface area contributed by atoms with E-state index in [4.69, 9.17) is 4.74 Å². The van der Waals surface area contributed by atoms with Crippen molar-refractivity contribution in [3.63, 3.8) is 0 Å². The molecule has 1 fully saturated rings. The van der Waals surface area contributed by atoms with Gasteiger partial charge in [-0.2, -0.15) is 0 Å². The van der Waals surface area contributed by atoms with Gasteiger partial charge in [-0.15, -0.1) is 0 Å². The first-order chi connectivity index (χ1) is 6.84. The molecule has 0 aromatic heterocycles. The van der Waals surface area contributed by atoms with E-state index in [0.717, 1.165) is 36.3 Å². The second-order valence-electron chi connectivity index (χ2n) is 3.88. The van der Waals surface area contributed by atoms with Crippen molar-refractivity contribution in [1.82, 2.24) is 5.32 Å². The minimum atomic E-state index is -0.141. The van der Waals surface area contributed by atoms with Gasteiger partial charge in [0.1, 0.15) is 11.6 Å². The first-order valence-electron chi connectivity index (χ1n) is 5.03. The number of rotatable bonds is 1. The van der Waals surface area contributed by atoms with E-state index in [1.54, 1.807) is 12.1 Å². The van der Waals surface area contributed by atoms with Crippen LogP contribution in [0, 0.1) is 5.82 Å². The molecule has 1 saturated heterocycles. The van der Waals surface area contributed by atoms with Crippen molar-refractivity contribution in [3.05, 3.63) is 29.1 Å². The van der Waals surface area contributed by atoms with E-state index >= 15 is 0 Å². The largest absolute Gasteiger partial charge is 0.493 e. The highest BCUT2D eigenvalue weighted by Crippen LogP contribution is 2.37. The zero-order chi connectivity index (χ0) is 9.54. The fourth-order valence-electron chi connectivity index (χ4n) is 2.11. The maximum absolute atomic E-state index is 13.3. The predicted molar refractivity (Wildman–Crippen MR) is 51.0 cm³/mol. The molecule has 1 aromatic rings. The second kappa shape index (κ2) is 2.95. The Morgan fingerprint density at radius 3 is 3.00 bits per heavy atom. The molecule has 0 amide bonds. The van der Waals surface area contributed by atoms with Crippen molar-refractivity contribution in [3.8, 4) is 5.75 Å². The molecule has 0 spiro atoms. The lowest BCUT2D eigenvalue weighted by Gasteiger charge is -2.29. The van der Waals surface area contributed by atoms with Gasteiger partial charge in [-0.25, -0.2) is 4.39 Å². The van der Waals surface area contributed by atoms with E-state index in [9.17, 15) is 4.39 Å². The van der Waals surface area contributed by atoms with Crippen LogP contribution in [0.1, 0.15) is 23.6 Å². The molecule has 0 aliphatic carbocycles. The van der Waals surface area contributed by atoms with E-state index in [1.165, 1.54) is 0 Å². The van der Waals surface area contributed by atoms with E-state index in [-0.39, 0.29) is 5.82 Å². The number of fused-ring (bicyclic) bond motifs is 1. The molecule has 0 bridgehead atoms. The van der Waals surface area contributed by atoms with E-state index in [1.807, 2.05) is 0 Å². The van der Waals surface area contributed by atoms with Gasteiger partial charge >= 0.3 is 0 Å². The highest BCUT2D eigenvalue weighted by molar-refractivity contribution is 5.46. The molecular weight excluding hydrogens is 181 g/mol. The van der Waals surface area contributed by atoms with Crippen LogP contribution >= 0.6 is 0 Å². The number of hydrogen-bond donors (Lipinski definition) is 1. The maximum Gasteiger partial charge on any atom is 0.127 e. The molecule has 2 aliphatic heterocycles. The number of halogens is 1. The van der Waals surface area contributed by atoms with Crippen LogP contribution in [0.25, 0.3) is 0 Å². The molecule has 0 radical (unpaired) electrons. The van der Waals surface area contributed by atoms with Crippen molar-refractivity contribution < 1.29 is 9.13 Å². The Balaban J connectivity index is 2.08. The summed E-state index contributed by atoms with van der Waals surface area (Å²) in [5.41, 5.74) is 2.03. The van der Waals surface area contributed by atoms with E-state index in [0.29, 0.717) is 12.6 Å². The Hall–Kier alpha value is -1.09. The van der Waals surface area contributed by atoms with Crippen molar-refractivity contribution in [2.45, 2.75) is 18.9 Å². The fourth-order valence-corrected chi connectivity index (χ4v) is 2.11. The molecule has 2 aliphatic rings. The van der Waals surface area contributed by atoms with Crippen molar-refractivity contribution in [2.75, 3.05) is 13.2 Å². The third-order valence-electron chi connectivity index (χ3n) is 2.98. The molecule has 1 aromatic carbocycles. The molecule has 1 atom stereocenters. The van der Waals surface area contributed by atoms with Crippen molar-refractivity contribution in [1.29, 1.82) is 0 Å². The standard InChI is InChI=1S/C11H12FNO/c12-8-5-7-2-4-14-11(7)9(6-8)10-1-3-13-10/h5-6,10,13H,1-4H2/t10-/m0/s1. The molecule has 14 heavy (non-hydrogen) atoms. The number of ether oxygens (including phenoxy) is 1. The highest BCUT2D eigenvalue weighted by atomic mass is 19.1. The summed E-state index contributed by atoms with van der Waals surface area (Å²) in [4.78, 5) is 0. The van der Waals surface area contributed by atoms with Crippen LogP contribution in [-0.4, -0.2) is 13.2 Å². The monoisotopic (exact) mass is 193 g/mol. The molecule has 3 heteroatoms. The van der Waals surface area contributed by atoms with Crippen LogP contribution < -0.4 is 10.1 Å². The number of nitrogens with one attached hydrogen (secondary N) is 1. The molecule has 2 nitrogen and oxygen atoms in total. The van der Waals surface area contributed by atoms with E-state index in [2.05, 4.69) is 5.32 Å². The van der Waals surface area contributed by atoms with Gasteiger partial charge in [-0.3, -0.25) is 0 Å². The third kappa shape index (κ3) is 1.12. The van der Waals surface area contributed by atoms with Gasteiger partial charge in [-0.1, -0.05) is 0 Å². The highest BCUT2D eigenvalue weighted by Gasteiger charge is 2.26. The lowest BCUT2D eigenvalue weighted by atomic mass is 9.95. The summed E-state index contributed by atoms with van der Waals surface area (Å²) in [6.45, 7) is 1.72. The summed E-state index contributed by atoms with van der Waals surface area (Å²) in [7, 11) is 0. The van der Waals surface area contributed by atoms with Crippen LogP contribution in [0.2, 0.25) is 0 Å². The fraction of sp³-hybridized carbons (Fsp3) is 0.455. The molecular formula is C11H12FNO. The van der Waals surface area contributed by atoms with Crippen molar-refractivity contribution in [2.24, 2.45) is 0 Å². The van der Waals surface area contributed by atoms with Crippen LogP contribution in [0.4, 0.5) is 4.39 Å². The Kier molecular flexibility index (Phi) is 1.74. The molecule has 0 saturated carbocycles. The lowest BCUT2D eigenvalue weighted by molar-refractivity contribution is 0.329. The molecule has 2 heterocycles. The summed E-state index contributed by atoms with van der Waals surface area (Å²) < 4.78 is 18.8. The first kappa shape index (κ1) is 8.24. The van der Waals surface area contributed by atoms with Crippen LogP contribution in [0.3, 0.4) is 0 Å². The summed E-state index contributed by atoms with van der Waals surface area (Å²) in [5, 5.41) is 3.27. The quantitative estimate of drug-likeness (QED) is 0.734. The maximum atomic E-state index is 13.3. The third-order valence-corrected chi connectivity index (χ3v) is 2.98. The number of benzene rings is 1. The van der Waals surface area contributed by atoms with E-state index < -0.39 is 0 Å². The zero-order valence-electron chi connectivity index (χ0n) is 7.85. The van der Waals surface area contributed by atoms with Crippen LogP contribution in [0.5, 0.6) is 5.75 Å². The van der Waals surface area contributed by atoms with Gasteiger partial charge in [0, 0.05) is 23.6 Å². The Labute approximate surface area is 82.1 Å². The van der Waals surface area contributed by atoms with Gasteiger partial charge in [0.15, 0.2) is 0 Å². The van der Waals surface area contributed by atoms with Crippen LogP contribution in [-0.2, 0) is 6.42 Å². The second-order valence-corrected chi connectivity index (χ2v) is 3.88. The minimum Gasteiger partial charge on any atom is -0.493 e. The van der Waals surface area contributed by atoms with Gasteiger partial charge < -0.3 is 10.1 Å². The average Bonchev–Trinajstić information content (AvgIpc) is 2.47. The Morgan fingerprint density at radius 1 is 1.43 bits per heavy atom. The summed E-state index contributed by atoms with van der Waals surface area (Å²) >= 11 is 0. The SMILES string of the molecule is Fc1cc2c(c([C@@H]3CCN3)c1)OCC2. The van der Waals surface area contributed by atoms with Gasteiger partial charge in [0.25, 0.3) is 0 Å². The Morgan fingerprint density at radius 2 is 2.29 bits per heavy atom. The zero-order valence-corrected chi connectivity index (χ0v) is 7.85. The predicted octanol–water partition coefficient (Wildman–Crippen LogP) is 1.79. The summed E-state index contributed by atoms with van der Waals surface area (Å²) in [5.74, 6) is 0.779. The Bertz CT molecular complexity index is 374. The average molecular weight is 193 g/mol. The molecule has 74 valence electrons. The topological polar surface area (TPSA) is 21.3 Å². The number of hydrogen-bond acceptors (Lipinski definition) is 2. The lowest BCUT2D eigenvalue weighted by Crippen LogP contribution is -2.35. The minimum absolute atomic E-state index is 0.141. The van der Waals surface area contributed by atoms with Crippen molar-refractivity contribution >= 4 is 0 Å².